The van der Waals surface area contributed by atoms with Gasteiger partial charge < -0.3 is 14.8 Å². The Balaban J connectivity index is 1.43. The third-order valence-electron chi connectivity index (χ3n) is 8.01. The van der Waals surface area contributed by atoms with E-state index in [0.29, 0.717) is 34.8 Å². The summed E-state index contributed by atoms with van der Waals surface area (Å²) in [6.45, 7) is 0.862. The molecule has 0 radical (unpaired) electrons. The van der Waals surface area contributed by atoms with Crippen LogP contribution in [0.2, 0.25) is 0 Å². The molecule has 1 aliphatic heterocycles. The summed E-state index contributed by atoms with van der Waals surface area (Å²) in [5.74, 6) is -0.661. The number of carbonyl (C=O) groups excluding carboxylic acids is 2. The first-order valence-electron chi connectivity index (χ1n) is 14.6. The fourth-order valence-electron chi connectivity index (χ4n) is 5.79. The number of nitrogens with one attached hydrogen (secondary N) is 1. The average molecular weight is 639 g/mol. The minimum absolute atomic E-state index is 0.0246. The molecular weight excluding hydrogens is 605 g/mol. The van der Waals surface area contributed by atoms with Gasteiger partial charge in [-0.3, -0.25) is 14.5 Å². The van der Waals surface area contributed by atoms with Crippen molar-refractivity contribution in [2.45, 2.75) is 49.2 Å². The molecule has 2 aromatic heterocycles. The maximum Gasteiger partial charge on any atom is 0.249 e. The first-order chi connectivity index (χ1) is 21.4. The number of rotatable bonds is 10. The molecule has 44 heavy (non-hydrogen) atoms. The molecule has 2 fully saturated rings. The normalized spacial score (nSPS) is 17.0. The molecule has 0 spiro atoms. The van der Waals surface area contributed by atoms with Gasteiger partial charge in [-0.15, -0.1) is 16.4 Å². The molecule has 1 saturated carbocycles. The van der Waals surface area contributed by atoms with Crippen LogP contribution in [0.15, 0.2) is 64.9 Å². The van der Waals surface area contributed by atoms with Crippen molar-refractivity contribution in [3.63, 3.8) is 0 Å². The van der Waals surface area contributed by atoms with Crippen molar-refractivity contribution in [2.24, 2.45) is 0 Å². The monoisotopic (exact) mass is 638 g/mol. The molecular formula is C30H34N6O6S2. The van der Waals surface area contributed by atoms with Gasteiger partial charge in [-0.1, -0.05) is 36.3 Å². The van der Waals surface area contributed by atoms with E-state index < -0.39 is 22.0 Å². The molecule has 2 aliphatic rings. The number of ether oxygens (including phenoxy) is 2. The Morgan fingerprint density at radius 3 is 2.61 bits per heavy atom. The summed E-state index contributed by atoms with van der Waals surface area (Å²) < 4.78 is 40.9. The van der Waals surface area contributed by atoms with Gasteiger partial charge in [-0.2, -0.15) is 4.31 Å². The van der Waals surface area contributed by atoms with E-state index in [0.717, 1.165) is 25.7 Å². The highest BCUT2D eigenvalue weighted by Crippen LogP contribution is 2.37. The molecule has 2 amide bonds. The zero-order valence-corrected chi connectivity index (χ0v) is 25.9. The lowest BCUT2D eigenvalue weighted by atomic mass is 10.1. The van der Waals surface area contributed by atoms with E-state index in [2.05, 4.69) is 15.6 Å². The summed E-state index contributed by atoms with van der Waals surface area (Å²) in [5.41, 5.74) is 1.63. The number of hydrogen-bond donors (Lipinski definition) is 1. The second kappa shape index (κ2) is 13.0. The van der Waals surface area contributed by atoms with Gasteiger partial charge in [0.15, 0.2) is 0 Å². The number of methoxy groups -OCH3 is 1. The molecule has 14 heteroatoms. The summed E-state index contributed by atoms with van der Waals surface area (Å²) in [7, 11) is -2.52. The van der Waals surface area contributed by atoms with E-state index in [4.69, 9.17) is 9.47 Å². The van der Waals surface area contributed by atoms with Gasteiger partial charge >= 0.3 is 0 Å². The number of anilines is 1. The Labute approximate surface area is 259 Å². The lowest BCUT2D eigenvalue weighted by Gasteiger charge is -2.32. The molecule has 4 aromatic rings. The average Bonchev–Trinajstić information content (AvgIpc) is 3.83. The maximum absolute atomic E-state index is 14.3. The van der Waals surface area contributed by atoms with E-state index >= 15 is 0 Å². The summed E-state index contributed by atoms with van der Waals surface area (Å²) in [4.78, 5) is 30.4. The maximum atomic E-state index is 14.3. The van der Waals surface area contributed by atoms with Crippen LogP contribution in [0.25, 0.3) is 11.0 Å². The molecule has 1 unspecified atom stereocenters. The third-order valence-corrected chi connectivity index (χ3v) is 10.9. The fourth-order valence-corrected chi connectivity index (χ4v) is 8.15. The molecule has 0 bridgehead atoms. The number of fused-ring (bicyclic) bond motifs is 1. The molecule has 2 aromatic carbocycles. The number of carbonyl (C=O) groups is 2. The Kier molecular flexibility index (Phi) is 8.93. The van der Waals surface area contributed by atoms with Crippen molar-refractivity contribution in [2.75, 3.05) is 38.3 Å². The number of sulfonamides is 1. The van der Waals surface area contributed by atoms with Crippen molar-refractivity contribution >= 4 is 49.9 Å². The van der Waals surface area contributed by atoms with Gasteiger partial charge in [0.2, 0.25) is 21.8 Å². The van der Waals surface area contributed by atoms with Crippen molar-refractivity contribution in [1.29, 1.82) is 0 Å². The summed E-state index contributed by atoms with van der Waals surface area (Å²) >= 11 is 1.37. The highest BCUT2D eigenvalue weighted by molar-refractivity contribution is 7.89. The predicted molar refractivity (Wildman–Crippen MR) is 165 cm³/mol. The lowest BCUT2D eigenvalue weighted by Crippen LogP contribution is -2.47. The third kappa shape index (κ3) is 6.07. The number of aromatic nitrogens is 3. The molecule has 1 atom stereocenters. The molecule has 1 aliphatic carbocycles. The number of hydrogen-bond acceptors (Lipinski definition) is 9. The predicted octanol–water partition coefficient (Wildman–Crippen LogP) is 3.36. The number of amides is 2. The van der Waals surface area contributed by atoms with Crippen LogP contribution in [-0.4, -0.2) is 79.0 Å². The first-order valence-corrected chi connectivity index (χ1v) is 16.9. The van der Waals surface area contributed by atoms with Gasteiger partial charge in [0.1, 0.15) is 28.7 Å². The number of para-hydroxylation sites is 1. The van der Waals surface area contributed by atoms with Crippen molar-refractivity contribution in [3.8, 4) is 5.75 Å². The molecule has 6 rings (SSSR count). The van der Waals surface area contributed by atoms with Gasteiger partial charge in [-0.05, 0) is 48.6 Å². The van der Waals surface area contributed by atoms with Crippen LogP contribution >= 0.6 is 11.3 Å². The van der Waals surface area contributed by atoms with E-state index in [1.165, 1.54) is 44.5 Å². The number of benzene rings is 2. The quantitative estimate of drug-likeness (QED) is 0.279. The Morgan fingerprint density at radius 2 is 1.89 bits per heavy atom. The van der Waals surface area contributed by atoms with E-state index in [9.17, 15) is 18.0 Å². The summed E-state index contributed by atoms with van der Waals surface area (Å²) in [6, 6.07) is 14.5. The number of nitrogens with zero attached hydrogens (tertiary/aromatic N) is 5. The lowest BCUT2D eigenvalue weighted by molar-refractivity contribution is -0.127. The van der Waals surface area contributed by atoms with Crippen LogP contribution in [0, 0.1) is 0 Å². The Hall–Kier alpha value is -3.85. The van der Waals surface area contributed by atoms with Gasteiger partial charge in [0.25, 0.3) is 0 Å². The van der Waals surface area contributed by atoms with Gasteiger partial charge in [0, 0.05) is 35.8 Å². The first kappa shape index (κ1) is 30.2. The van der Waals surface area contributed by atoms with Crippen LogP contribution in [0.1, 0.15) is 36.6 Å². The van der Waals surface area contributed by atoms with Crippen molar-refractivity contribution in [1.82, 2.24) is 24.6 Å². The summed E-state index contributed by atoms with van der Waals surface area (Å²) in [5, 5.41) is 13.4. The van der Waals surface area contributed by atoms with Crippen LogP contribution in [0.5, 0.6) is 5.75 Å². The largest absolute Gasteiger partial charge is 0.495 e. The van der Waals surface area contributed by atoms with E-state index in [-0.39, 0.29) is 42.2 Å². The van der Waals surface area contributed by atoms with Crippen LogP contribution in [-0.2, 0) is 30.9 Å². The highest BCUT2D eigenvalue weighted by Gasteiger charge is 2.37. The number of thiophene rings is 1. The molecule has 3 heterocycles. The van der Waals surface area contributed by atoms with Crippen LogP contribution in [0.4, 0.5) is 5.69 Å². The molecule has 12 nitrogen and oxygen atoms in total. The fraction of sp³-hybridized carbons (Fsp3) is 0.400. The molecule has 1 saturated heterocycles. The molecule has 1 N–H and O–H groups in total. The Morgan fingerprint density at radius 1 is 1.11 bits per heavy atom. The zero-order valence-electron chi connectivity index (χ0n) is 24.3. The highest BCUT2D eigenvalue weighted by atomic mass is 32.2. The SMILES string of the molecule is COc1cc(N(C(=O)Cn2nnc3ccccc32)C(C(=O)NC2CCCC2)c2cccs2)ccc1S(=O)(=O)N1CCOCC1. The van der Waals surface area contributed by atoms with Crippen LogP contribution in [0.3, 0.4) is 0 Å². The minimum atomic E-state index is -3.90. The standard InChI is InChI=1S/C30H34N6O6S2/c1-41-25-19-22(12-13-27(25)44(39,40)34-14-16-42-17-15-34)36(28(37)20-35-24-10-5-4-9-23(24)32-33-35)29(26-11-6-18-43-26)30(38)31-21-7-2-3-8-21/h4-6,9-13,18-19,21,29H,2-3,7-8,14-17,20H2,1H3,(H,31,38). The van der Waals surface area contributed by atoms with Crippen LogP contribution < -0.4 is 15.0 Å². The second-order valence-electron chi connectivity index (χ2n) is 10.8. The minimum Gasteiger partial charge on any atom is -0.495 e. The van der Waals surface area contributed by atoms with E-state index in [1.807, 2.05) is 41.8 Å². The summed E-state index contributed by atoms with van der Waals surface area (Å²) in [6.07, 6.45) is 3.83. The molecule has 232 valence electrons. The van der Waals surface area contributed by atoms with Crippen molar-refractivity contribution in [3.05, 3.63) is 64.9 Å². The van der Waals surface area contributed by atoms with Crippen molar-refractivity contribution < 1.29 is 27.5 Å². The second-order valence-corrected chi connectivity index (χ2v) is 13.6. The van der Waals surface area contributed by atoms with Gasteiger partial charge in [-0.25, -0.2) is 13.1 Å². The van der Waals surface area contributed by atoms with Gasteiger partial charge in [0.05, 0.1) is 25.8 Å². The Bertz CT molecular complexity index is 1730. The number of morpholine rings is 1. The smallest absolute Gasteiger partial charge is 0.249 e. The van der Waals surface area contributed by atoms with E-state index in [1.54, 1.807) is 6.07 Å². The zero-order chi connectivity index (χ0) is 30.7. The topological polar surface area (TPSA) is 136 Å².